The van der Waals surface area contributed by atoms with Gasteiger partial charge >= 0.3 is 18.2 Å². The van der Waals surface area contributed by atoms with Crippen molar-refractivity contribution in [3.8, 4) is 0 Å². The van der Waals surface area contributed by atoms with Gasteiger partial charge in [-0.05, 0) is 71.9 Å². The summed E-state index contributed by atoms with van der Waals surface area (Å²) < 4.78 is 17.0. The standard InChI is InChI=1S/C32H39Cl2N7O8/c1-31(2,3)48-29(45)39-28(40-30(46)49-32(4,5)6)37-18-11-12-21-23(15-18)41(17-36-21)14-13-24(42)35-16-22(27(44)47-7)38-26(43)25-19(33)9-8-10-20(25)34/h8-12,15,17,22H,13-14,16H2,1-7H3,(H,35,42)(H,38,43)(H2,37,39,40,45,46). The summed E-state index contributed by atoms with van der Waals surface area (Å²) in [6.45, 7) is 10.0. The largest absolute Gasteiger partial charge is 0.467 e. The second kappa shape index (κ2) is 16.5. The average molecular weight is 721 g/mol. The Balaban J connectivity index is 1.70. The number of nitrogens with zero attached hydrogens (tertiary/aromatic N) is 3. The van der Waals surface area contributed by atoms with Gasteiger partial charge < -0.3 is 34.7 Å². The number of esters is 1. The van der Waals surface area contributed by atoms with E-state index in [1.807, 2.05) is 0 Å². The first-order valence-electron chi connectivity index (χ1n) is 15.0. The van der Waals surface area contributed by atoms with E-state index < -0.39 is 47.2 Å². The Morgan fingerprint density at radius 1 is 0.959 bits per heavy atom. The van der Waals surface area contributed by atoms with Crippen molar-refractivity contribution in [3.05, 3.63) is 58.3 Å². The first-order valence-corrected chi connectivity index (χ1v) is 15.7. The zero-order chi connectivity index (χ0) is 36.5. The number of guanidine groups is 1. The summed E-state index contributed by atoms with van der Waals surface area (Å²) in [6, 6.07) is 8.35. The highest BCUT2D eigenvalue weighted by atomic mass is 35.5. The third-order valence-electron chi connectivity index (χ3n) is 6.16. The van der Waals surface area contributed by atoms with Crippen LogP contribution < -0.4 is 21.3 Å². The van der Waals surface area contributed by atoms with Crippen LogP contribution >= 0.6 is 23.2 Å². The van der Waals surface area contributed by atoms with E-state index >= 15 is 0 Å². The summed E-state index contributed by atoms with van der Waals surface area (Å²) in [5, 5.41) is 10.6. The Labute approximate surface area is 293 Å². The van der Waals surface area contributed by atoms with Crippen LogP contribution in [0.4, 0.5) is 15.3 Å². The molecule has 15 nitrogen and oxygen atoms in total. The average Bonchev–Trinajstić information content (AvgIpc) is 3.37. The van der Waals surface area contributed by atoms with E-state index in [-0.39, 0.29) is 41.1 Å². The number of anilines is 1. The number of rotatable bonds is 9. The third-order valence-corrected chi connectivity index (χ3v) is 6.79. The van der Waals surface area contributed by atoms with Crippen LogP contribution in [0.3, 0.4) is 0 Å². The van der Waals surface area contributed by atoms with E-state index in [2.05, 4.69) is 31.2 Å². The molecule has 3 aromatic rings. The van der Waals surface area contributed by atoms with Crippen LogP contribution in [0.25, 0.3) is 11.0 Å². The van der Waals surface area contributed by atoms with Crippen LogP contribution in [0, 0.1) is 0 Å². The number of carbonyl (C=O) groups excluding carboxylic acids is 5. The fourth-order valence-corrected chi connectivity index (χ4v) is 4.69. The molecular weight excluding hydrogens is 681 g/mol. The van der Waals surface area contributed by atoms with Gasteiger partial charge in [-0.25, -0.2) is 19.4 Å². The van der Waals surface area contributed by atoms with Gasteiger partial charge in [-0.1, -0.05) is 29.3 Å². The molecule has 49 heavy (non-hydrogen) atoms. The molecule has 1 heterocycles. The summed E-state index contributed by atoms with van der Waals surface area (Å²) in [7, 11) is 1.15. The maximum atomic E-state index is 12.8. The molecule has 17 heteroatoms. The molecular formula is C32H39Cl2N7O8. The molecule has 0 radical (unpaired) electrons. The molecule has 0 bridgehead atoms. The number of aromatic nitrogens is 2. The SMILES string of the molecule is COC(=O)C(CNC(=O)CCn1cnc2ccc(N/C(=N/C(=O)OC(C)(C)C)NC(=O)OC(C)(C)C)cc21)NC(=O)c1c(Cl)cccc1Cl. The molecule has 1 aromatic heterocycles. The minimum atomic E-state index is -1.22. The number of alkyl carbamates (subject to hydrolysis) is 1. The van der Waals surface area contributed by atoms with E-state index in [9.17, 15) is 24.0 Å². The predicted molar refractivity (Wildman–Crippen MR) is 184 cm³/mol. The monoisotopic (exact) mass is 719 g/mol. The molecule has 0 saturated carbocycles. The van der Waals surface area contributed by atoms with Crippen LogP contribution in [0.1, 0.15) is 58.3 Å². The van der Waals surface area contributed by atoms with E-state index in [0.717, 1.165) is 7.11 Å². The van der Waals surface area contributed by atoms with E-state index in [0.29, 0.717) is 16.7 Å². The molecule has 0 saturated heterocycles. The second-order valence-corrected chi connectivity index (χ2v) is 13.3. The van der Waals surface area contributed by atoms with Crippen molar-refractivity contribution in [1.82, 2.24) is 25.5 Å². The van der Waals surface area contributed by atoms with Gasteiger partial charge in [0.05, 0.1) is 40.1 Å². The Kier molecular flexibility index (Phi) is 13.0. The fourth-order valence-electron chi connectivity index (χ4n) is 4.12. The van der Waals surface area contributed by atoms with E-state index in [1.165, 1.54) is 12.1 Å². The van der Waals surface area contributed by atoms with Gasteiger partial charge in [0.1, 0.15) is 17.2 Å². The second-order valence-electron chi connectivity index (χ2n) is 12.5. The lowest BCUT2D eigenvalue weighted by atomic mass is 10.2. The summed E-state index contributed by atoms with van der Waals surface area (Å²) in [4.78, 5) is 71.1. The quantitative estimate of drug-likeness (QED) is 0.101. The van der Waals surface area contributed by atoms with Crippen LogP contribution in [0.2, 0.25) is 10.0 Å². The van der Waals surface area contributed by atoms with Crippen LogP contribution in [-0.4, -0.2) is 76.4 Å². The number of fused-ring (bicyclic) bond motifs is 1. The first kappa shape index (κ1) is 38.6. The molecule has 4 amide bonds. The lowest BCUT2D eigenvalue weighted by molar-refractivity contribution is -0.142. The maximum Gasteiger partial charge on any atom is 0.437 e. The minimum Gasteiger partial charge on any atom is -0.467 e. The van der Waals surface area contributed by atoms with Gasteiger partial charge in [0, 0.05) is 25.2 Å². The molecule has 0 aliphatic heterocycles. The summed E-state index contributed by atoms with van der Waals surface area (Å²) in [5.74, 6) is -2.16. The number of amides is 4. The van der Waals surface area contributed by atoms with Crippen molar-refractivity contribution in [3.63, 3.8) is 0 Å². The van der Waals surface area contributed by atoms with Crippen molar-refractivity contribution >= 4 is 75.9 Å². The van der Waals surface area contributed by atoms with Crippen LogP contribution in [-0.2, 0) is 30.3 Å². The summed E-state index contributed by atoms with van der Waals surface area (Å²) in [5.41, 5.74) is -0.0131. The predicted octanol–water partition coefficient (Wildman–Crippen LogP) is 5.05. The zero-order valence-electron chi connectivity index (χ0n) is 28.1. The molecule has 0 spiro atoms. The van der Waals surface area contributed by atoms with Gasteiger partial charge in [0.25, 0.3) is 5.91 Å². The number of aryl methyl sites for hydroxylation is 1. The fraction of sp³-hybridized carbons (Fsp3) is 0.406. The van der Waals surface area contributed by atoms with Crippen molar-refractivity contribution in [2.45, 2.75) is 71.8 Å². The number of aliphatic imine (C=N–C) groups is 1. The lowest BCUT2D eigenvalue weighted by Crippen LogP contribution is -2.49. The molecule has 4 N–H and O–H groups in total. The number of benzene rings is 2. The van der Waals surface area contributed by atoms with Gasteiger partial charge in [0.15, 0.2) is 0 Å². The number of imidazole rings is 1. The Bertz CT molecular complexity index is 1720. The number of hydrogen-bond acceptors (Lipinski definition) is 9. The Morgan fingerprint density at radius 2 is 1.61 bits per heavy atom. The number of ether oxygens (including phenoxy) is 3. The van der Waals surface area contributed by atoms with Crippen molar-refractivity contribution in [2.24, 2.45) is 4.99 Å². The summed E-state index contributed by atoms with van der Waals surface area (Å²) in [6.07, 6.45) is -0.264. The molecule has 2 aromatic carbocycles. The van der Waals surface area contributed by atoms with Gasteiger partial charge in [-0.3, -0.25) is 14.9 Å². The number of nitrogens with one attached hydrogen (secondary N) is 4. The van der Waals surface area contributed by atoms with Crippen LogP contribution in [0.15, 0.2) is 47.7 Å². The smallest absolute Gasteiger partial charge is 0.437 e. The lowest BCUT2D eigenvalue weighted by Gasteiger charge is -2.21. The third kappa shape index (κ3) is 12.3. The molecule has 3 rings (SSSR count). The summed E-state index contributed by atoms with van der Waals surface area (Å²) >= 11 is 12.2. The maximum absolute atomic E-state index is 12.8. The number of halogens is 2. The van der Waals surface area contributed by atoms with Gasteiger partial charge in [0.2, 0.25) is 11.9 Å². The van der Waals surface area contributed by atoms with Crippen molar-refractivity contribution in [2.75, 3.05) is 19.0 Å². The van der Waals surface area contributed by atoms with Crippen LogP contribution in [0.5, 0.6) is 0 Å². The highest BCUT2D eigenvalue weighted by Gasteiger charge is 2.25. The van der Waals surface area contributed by atoms with Gasteiger partial charge in [-0.15, -0.1) is 4.99 Å². The molecule has 0 aliphatic carbocycles. The zero-order valence-corrected chi connectivity index (χ0v) is 29.6. The molecule has 0 fully saturated rings. The Morgan fingerprint density at radius 3 is 2.22 bits per heavy atom. The van der Waals surface area contributed by atoms with Crippen molar-refractivity contribution < 1.29 is 38.2 Å². The first-order chi connectivity index (χ1) is 22.8. The number of hydrogen-bond donors (Lipinski definition) is 4. The molecule has 1 atom stereocenters. The highest BCUT2D eigenvalue weighted by molar-refractivity contribution is 6.39. The van der Waals surface area contributed by atoms with Gasteiger partial charge in [-0.2, -0.15) is 0 Å². The normalized spacial score (nSPS) is 12.5. The number of methoxy groups -OCH3 is 1. The minimum absolute atomic E-state index is 0.0178. The highest BCUT2D eigenvalue weighted by Crippen LogP contribution is 2.24. The molecule has 264 valence electrons. The molecule has 1 unspecified atom stereocenters. The van der Waals surface area contributed by atoms with E-state index in [4.69, 9.17) is 37.4 Å². The number of carbonyl (C=O) groups is 5. The molecule has 0 aliphatic rings. The Hall–Kier alpha value is -4.89. The van der Waals surface area contributed by atoms with Crippen molar-refractivity contribution in [1.29, 1.82) is 0 Å². The topological polar surface area (TPSA) is 191 Å². The van der Waals surface area contributed by atoms with E-state index in [1.54, 1.807) is 76.7 Å².